The van der Waals surface area contributed by atoms with Crippen LogP contribution in [0.4, 0.5) is 16.2 Å². The van der Waals surface area contributed by atoms with Gasteiger partial charge in [0, 0.05) is 23.7 Å². The van der Waals surface area contributed by atoms with Crippen molar-refractivity contribution in [2.24, 2.45) is 9.98 Å². The lowest BCUT2D eigenvalue weighted by atomic mass is 10.2. The largest absolute Gasteiger partial charge is 0.494 e. The van der Waals surface area contributed by atoms with Gasteiger partial charge in [-0.1, -0.05) is 24.1 Å². The Bertz CT molecular complexity index is 990. The molecule has 2 aromatic rings. The Morgan fingerprint density at radius 1 is 1.19 bits per heavy atom. The second-order valence-corrected chi connectivity index (χ2v) is 7.84. The van der Waals surface area contributed by atoms with Crippen LogP contribution in [-0.2, 0) is 0 Å². The Labute approximate surface area is 187 Å². The van der Waals surface area contributed by atoms with Crippen molar-refractivity contribution in [3.8, 4) is 5.75 Å². The van der Waals surface area contributed by atoms with E-state index in [0.717, 1.165) is 37.4 Å². The molecule has 0 atom stereocenters. The Kier molecular flexibility index (Phi) is 6.72. The monoisotopic (exact) mass is 439 g/mol. The van der Waals surface area contributed by atoms with Gasteiger partial charge in [-0.25, -0.2) is 14.7 Å². The number of halogens is 1. The first kappa shape index (κ1) is 21.2. The van der Waals surface area contributed by atoms with Crippen LogP contribution in [0.15, 0.2) is 58.5 Å². The van der Waals surface area contributed by atoms with E-state index in [-0.39, 0.29) is 6.03 Å². The van der Waals surface area contributed by atoms with Crippen LogP contribution >= 0.6 is 11.6 Å². The Morgan fingerprint density at radius 3 is 2.81 bits per heavy atom. The number of amides is 2. The molecular formula is C23H26ClN5O2. The molecule has 1 fully saturated rings. The van der Waals surface area contributed by atoms with E-state index in [2.05, 4.69) is 15.2 Å². The lowest BCUT2D eigenvalue weighted by molar-refractivity contribution is 0.259. The molecule has 0 saturated carbocycles. The van der Waals surface area contributed by atoms with Crippen molar-refractivity contribution in [1.29, 1.82) is 0 Å². The summed E-state index contributed by atoms with van der Waals surface area (Å²) < 4.78 is 5.54. The fourth-order valence-corrected chi connectivity index (χ4v) is 3.87. The standard InChI is InChI=1S/C23H26ClN5O2/c1-2-31-20-12-10-19(11-13-20)29(23(30)26-18-8-6-7-17(24)15-18)22-25-16-28-14-5-3-4-9-21(28)27-22/h6-8,10-13,15H,2-5,9,14,16H2,1H3,(H,26,30). The van der Waals surface area contributed by atoms with E-state index in [1.54, 1.807) is 24.3 Å². The average molecular weight is 440 g/mol. The van der Waals surface area contributed by atoms with Crippen LogP contribution in [0.1, 0.15) is 32.6 Å². The van der Waals surface area contributed by atoms with Crippen LogP contribution in [0, 0.1) is 0 Å². The predicted molar refractivity (Wildman–Crippen MR) is 125 cm³/mol. The van der Waals surface area contributed by atoms with E-state index in [9.17, 15) is 4.79 Å². The number of hydrogen-bond donors (Lipinski definition) is 1. The summed E-state index contributed by atoms with van der Waals surface area (Å²) in [7, 11) is 0. The number of amidine groups is 1. The molecular weight excluding hydrogens is 414 g/mol. The Morgan fingerprint density at radius 2 is 2.03 bits per heavy atom. The highest BCUT2D eigenvalue weighted by Crippen LogP contribution is 2.24. The van der Waals surface area contributed by atoms with Gasteiger partial charge in [0.15, 0.2) is 0 Å². The number of nitrogens with zero attached hydrogens (tertiary/aromatic N) is 4. The highest BCUT2D eigenvalue weighted by molar-refractivity contribution is 6.31. The van der Waals surface area contributed by atoms with E-state index >= 15 is 0 Å². The minimum atomic E-state index is -0.350. The summed E-state index contributed by atoms with van der Waals surface area (Å²) >= 11 is 6.08. The summed E-state index contributed by atoms with van der Waals surface area (Å²) in [5.41, 5.74) is 1.27. The number of anilines is 2. The molecule has 31 heavy (non-hydrogen) atoms. The molecule has 0 unspecified atom stereocenters. The molecule has 7 nitrogen and oxygen atoms in total. The fraction of sp³-hybridized carbons (Fsp3) is 0.348. The van der Waals surface area contributed by atoms with Crippen molar-refractivity contribution in [2.75, 3.05) is 30.0 Å². The van der Waals surface area contributed by atoms with Gasteiger partial charge >= 0.3 is 6.03 Å². The van der Waals surface area contributed by atoms with Gasteiger partial charge in [0.2, 0.25) is 5.96 Å². The first-order valence-corrected chi connectivity index (χ1v) is 11.0. The first-order valence-electron chi connectivity index (χ1n) is 10.6. The van der Waals surface area contributed by atoms with Crippen molar-refractivity contribution in [3.63, 3.8) is 0 Å². The number of urea groups is 1. The quantitative estimate of drug-likeness (QED) is 0.695. The molecule has 4 rings (SSSR count). The van der Waals surface area contributed by atoms with Crippen molar-refractivity contribution in [3.05, 3.63) is 53.6 Å². The average Bonchev–Trinajstić information content (AvgIpc) is 3.00. The molecule has 162 valence electrons. The van der Waals surface area contributed by atoms with Gasteiger partial charge in [-0.15, -0.1) is 0 Å². The maximum atomic E-state index is 13.3. The highest BCUT2D eigenvalue weighted by Gasteiger charge is 2.27. The van der Waals surface area contributed by atoms with Gasteiger partial charge in [-0.3, -0.25) is 0 Å². The lowest BCUT2D eigenvalue weighted by Gasteiger charge is -2.30. The second-order valence-electron chi connectivity index (χ2n) is 7.40. The molecule has 2 aliphatic rings. The number of benzene rings is 2. The van der Waals surface area contributed by atoms with Gasteiger partial charge in [0.25, 0.3) is 0 Å². The van der Waals surface area contributed by atoms with Crippen LogP contribution in [0.2, 0.25) is 5.02 Å². The van der Waals surface area contributed by atoms with Gasteiger partial charge < -0.3 is 15.0 Å². The summed E-state index contributed by atoms with van der Waals surface area (Å²) in [5, 5.41) is 3.46. The molecule has 2 aromatic carbocycles. The number of nitrogens with one attached hydrogen (secondary N) is 1. The Balaban J connectivity index is 1.65. The normalized spacial score (nSPS) is 15.9. The maximum Gasteiger partial charge on any atom is 0.333 e. The Hall–Kier alpha value is -3.06. The SMILES string of the molecule is CCOc1ccc(N(C(=O)Nc2cccc(Cl)c2)C2=NCN3CCCCCC3=N2)cc1. The number of fused-ring (bicyclic) bond motifs is 1. The smallest absolute Gasteiger partial charge is 0.333 e. The third kappa shape index (κ3) is 5.17. The van der Waals surface area contributed by atoms with E-state index in [1.807, 2.05) is 31.2 Å². The van der Waals surface area contributed by atoms with E-state index in [4.69, 9.17) is 21.3 Å². The van der Waals surface area contributed by atoms with Crippen LogP contribution < -0.4 is 15.0 Å². The van der Waals surface area contributed by atoms with Crippen LogP contribution in [0.25, 0.3) is 0 Å². The second kappa shape index (κ2) is 9.83. The summed E-state index contributed by atoms with van der Waals surface area (Å²) in [6.45, 7) is 3.97. The molecule has 2 heterocycles. The summed E-state index contributed by atoms with van der Waals surface area (Å²) in [4.78, 5) is 26.5. The zero-order chi connectivity index (χ0) is 21.6. The molecule has 0 bridgehead atoms. The zero-order valence-corrected chi connectivity index (χ0v) is 18.3. The number of aliphatic imine (C=N–C) groups is 2. The van der Waals surface area contributed by atoms with E-state index < -0.39 is 0 Å². The molecule has 0 aliphatic carbocycles. The third-order valence-electron chi connectivity index (χ3n) is 5.19. The fourth-order valence-electron chi connectivity index (χ4n) is 3.68. The molecule has 0 spiro atoms. The number of guanidine groups is 1. The lowest BCUT2D eigenvalue weighted by Crippen LogP contribution is -2.44. The molecule has 2 amide bonds. The topological polar surface area (TPSA) is 69.5 Å². The summed E-state index contributed by atoms with van der Waals surface area (Å²) in [6, 6.07) is 14.1. The predicted octanol–water partition coefficient (Wildman–Crippen LogP) is 5.38. The molecule has 2 aliphatic heterocycles. The maximum absolute atomic E-state index is 13.3. The number of ether oxygens (including phenoxy) is 1. The molecule has 8 heteroatoms. The highest BCUT2D eigenvalue weighted by atomic mass is 35.5. The first-order chi connectivity index (χ1) is 15.1. The number of rotatable bonds is 4. The van der Waals surface area contributed by atoms with Crippen molar-refractivity contribution in [2.45, 2.75) is 32.6 Å². The van der Waals surface area contributed by atoms with Gasteiger partial charge in [-0.2, -0.15) is 4.99 Å². The molecule has 0 aromatic heterocycles. The van der Waals surface area contributed by atoms with Gasteiger partial charge in [0.05, 0.1) is 12.3 Å². The summed E-state index contributed by atoms with van der Waals surface area (Å²) in [5.74, 6) is 2.12. The van der Waals surface area contributed by atoms with E-state index in [0.29, 0.717) is 35.6 Å². The van der Waals surface area contributed by atoms with Gasteiger partial charge in [-0.05, 0) is 62.2 Å². The molecule has 0 radical (unpaired) electrons. The van der Waals surface area contributed by atoms with Crippen LogP contribution in [0.3, 0.4) is 0 Å². The van der Waals surface area contributed by atoms with E-state index in [1.165, 1.54) is 11.3 Å². The molecule has 1 saturated heterocycles. The minimum Gasteiger partial charge on any atom is -0.494 e. The number of hydrogen-bond acceptors (Lipinski definition) is 5. The van der Waals surface area contributed by atoms with Crippen molar-refractivity contribution >= 4 is 40.8 Å². The number of carbonyl (C=O) groups excluding carboxylic acids is 1. The van der Waals surface area contributed by atoms with Crippen molar-refractivity contribution in [1.82, 2.24) is 4.90 Å². The summed E-state index contributed by atoms with van der Waals surface area (Å²) in [6.07, 6.45) is 4.32. The molecule has 1 N–H and O–H groups in total. The van der Waals surface area contributed by atoms with Crippen molar-refractivity contribution < 1.29 is 9.53 Å². The van der Waals surface area contributed by atoms with Crippen LogP contribution in [0.5, 0.6) is 5.75 Å². The third-order valence-corrected chi connectivity index (χ3v) is 5.43. The number of carbonyl (C=O) groups is 1. The van der Waals surface area contributed by atoms with Gasteiger partial charge in [0.1, 0.15) is 18.3 Å². The minimum absolute atomic E-state index is 0.350. The zero-order valence-electron chi connectivity index (χ0n) is 17.6. The van der Waals surface area contributed by atoms with Crippen LogP contribution in [-0.4, -0.2) is 42.5 Å².